The Bertz CT molecular complexity index is 487. The van der Waals surface area contributed by atoms with Gasteiger partial charge in [0.1, 0.15) is 0 Å². The first-order chi connectivity index (χ1) is 7.88. The third-order valence-electron chi connectivity index (χ3n) is 2.29. The average molecular weight is 208 g/mol. The summed E-state index contributed by atoms with van der Waals surface area (Å²) in [5.41, 5.74) is 1.42. The van der Waals surface area contributed by atoms with Crippen molar-refractivity contribution in [2.45, 2.75) is 0 Å². The Morgan fingerprint density at radius 2 is 1.50 bits per heavy atom. The summed E-state index contributed by atoms with van der Waals surface area (Å²) in [5.74, 6) is 0.0526. The van der Waals surface area contributed by atoms with Gasteiger partial charge in [-0.3, -0.25) is 4.79 Å². The van der Waals surface area contributed by atoms with E-state index in [0.717, 1.165) is 5.56 Å². The maximum atomic E-state index is 12.1. The summed E-state index contributed by atoms with van der Waals surface area (Å²) in [5, 5.41) is 0. The van der Waals surface area contributed by atoms with Gasteiger partial charge in [0.25, 0.3) is 0 Å². The third-order valence-corrected chi connectivity index (χ3v) is 2.29. The monoisotopic (exact) mass is 208 g/mol. The molecule has 0 saturated carbocycles. The largest absolute Gasteiger partial charge is 0.289 e. The predicted octanol–water partition coefficient (Wildman–Crippen LogP) is 3.48. The van der Waals surface area contributed by atoms with Crippen molar-refractivity contribution in [3.63, 3.8) is 0 Å². The lowest BCUT2D eigenvalue weighted by Gasteiger charge is -2.01. The molecule has 0 saturated heterocycles. The van der Waals surface area contributed by atoms with Gasteiger partial charge in [0.2, 0.25) is 0 Å². The summed E-state index contributed by atoms with van der Waals surface area (Å²) >= 11 is 0. The van der Waals surface area contributed by atoms with Gasteiger partial charge in [-0.1, -0.05) is 72.9 Å². The lowest BCUT2D eigenvalue weighted by atomic mass is 10.0. The Hall–Kier alpha value is -2.15. The number of ketones is 1. The van der Waals surface area contributed by atoms with E-state index in [-0.39, 0.29) is 5.78 Å². The molecule has 0 aliphatic heterocycles. The molecule has 0 heterocycles. The van der Waals surface area contributed by atoms with Crippen LogP contribution in [0.4, 0.5) is 0 Å². The molecule has 0 bridgehead atoms. The van der Waals surface area contributed by atoms with Crippen LogP contribution in [0, 0.1) is 0 Å². The molecule has 1 aliphatic rings. The molecule has 2 rings (SSSR count). The number of Topliss-reactive ketones (excluding diaryl/α,β-unsaturated/α-hetero) is 1. The molecule has 0 unspecified atom stereocenters. The van der Waals surface area contributed by atoms with Crippen LogP contribution in [0.5, 0.6) is 0 Å². The van der Waals surface area contributed by atoms with Crippen LogP contribution in [0.15, 0.2) is 78.4 Å². The van der Waals surface area contributed by atoms with Gasteiger partial charge in [0.05, 0.1) is 0 Å². The highest BCUT2D eigenvalue weighted by Crippen LogP contribution is 2.11. The second kappa shape index (κ2) is 5.08. The molecule has 78 valence electrons. The van der Waals surface area contributed by atoms with Crippen molar-refractivity contribution in [3.8, 4) is 0 Å². The Balaban J connectivity index is 2.29. The highest BCUT2D eigenvalue weighted by Gasteiger charge is 2.07. The summed E-state index contributed by atoms with van der Waals surface area (Å²) in [7, 11) is 0. The molecule has 0 radical (unpaired) electrons. The van der Waals surface area contributed by atoms with E-state index < -0.39 is 0 Å². The maximum absolute atomic E-state index is 12.1. The average Bonchev–Trinajstić information content (AvgIpc) is 2.29. The molecule has 1 heteroatoms. The zero-order chi connectivity index (χ0) is 11.2. The molecule has 0 amide bonds. The van der Waals surface area contributed by atoms with Crippen LogP contribution in [-0.2, 0) is 0 Å². The standard InChI is InChI=1S/C15H12O/c16-15(14-11-7-4-8-12-14)13-9-5-2-1-3-6-10-13/h1-12H. The van der Waals surface area contributed by atoms with Gasteiger partial charge in [-0.25, -0.2) is 0 Å². The van der Waals surface area contributed by atoms with Crippen LogP contribution in [0.25, 0.3) is 0 Å². The van der Waals surface area contributed by atoms with E-state index in [1.807, 2.05) is 72.9 Å². The molecule has 1 nitrogen and oxygen atoms in total. The van der Waals surface area contributed by atoms with Gasteiger partial charge in [-0.05, 0) is 0 Å². The van der Waals surface area contributed by atoms with Crippen molar-refractivity contribution in [1.82, 2.24) is 0 Å². The van der Waals surface area contributed by atoms with Crippen molar-refractivity contribution in [2.75, 3.05) is 0 Å². The number of hydrogen-bond donors (Lipinski definition) is 0. The number of benzene rings is 1. The molecule has 0 spiro atoms. The molecule has 1 aromatic rings. The summed E-state index contributed by atoms with van der Waals surface area (Å²) in [6.45, 7) is 0. The number of hydrogen-bond acceptors (Lipinski definition) is 1. The summed E-state index contributed by atoms with van der Waals surface area (Å²) in [4.78, 5) is 12.1. The zero-order valence-electron chi connectivity index (χ0n) is 8.84. The van der Waals surface area contributed by atoms with Crippen LogP contribution in [0.3, 0.4) is 0 Å². The van der Waals surface area contributed by atoms with Gasteiger partial charge < -0.3 is 0 Å². The van der Waals surface area contributed by atoms with Crippen molar-refractivity contribution >= 4 is 5.78 Å². The van der Waals surface area contributed by atoms with Crippen molar-refractivity contribution in [2.24, 2.45) is 0 Å². The summed E-state index contributed by atoms with van der Waals surface area (Å²) in [6, 6.07) is 9.30. The Morgan fingerprint density at radius 1 is 0.812 bits per heavy atom. The van der Waals surface area contributed by atoms with E-state index in [4.69, 9.17) is 0 Å². The first-order valence-corrected chi connectivity index (χ1v) is 5.19. The lowest BCUT2D eigenvalue weighted by Crippen LogP contribution is -2.01. The quantitative estimate of drug-likeness (QED) is 0.680. The first kappa shape index (κ1) is 10.4. The van der Waals surface area contributed by atoms with Crippen LogP contribution in [0.2, 0.25) is 0 Å². The first-order valence-electron chi connectivity index (χ1n) is 5.19. The second-order valence-corrected chi connectivity index (χ2v) is 3.45. The fraction of sp³-hybridized carbons (Fsp3) is 0. The molecule has 1 aromatic carbocycles. The van der Waals surface area contributed by atoms with E-state index in [9.17, 15) is 4.79 Å². The molecular weight excluding hydrogens is 196 g/mol. The van der Waals surface area contributed by atoms with Crippen molar-refractivity contribution in [1.29, 1.82) is 0 Å². The van der Waals surface area contributed by atoms with E-state index in [1.54, 1.807) is 0 Å². The predicted molar refractivity (Wildman–Crippen MR) is 66.3 cm³/mol. The summed E-state index contributed by atoms with van der Waals surface area (Å²) in [6.07, 6.45) is 13.1. The smallest absolute Gasteiger partial charge is 0.193 e. The second-order valence-electron chi connectivity index (χ2n) is 3.45. The van der Waals surface area contributed by atoms with Crippen LogP contribution in [-0.4, -0.2) is 5.78 Å². The molecule has 0 aromatic heterocycles. The van der Waals surface area contributed by atoms with Crippen molar-refractivity contribution in [3.05, 3.63) is 84.0 Å². The van der Waals surface area contributed by atoms with Gasteiger partial charge in [-0.2, -0.15) is 0 Å². The minimum Gasteiger partial charge on any atom is -0.289 e. The third kappa shape index (κ3) is 2.45. The fourth-order valence-electron chi connectivity index (χ4n) is 1.47. The normalized spacial score (nSPS) is 14.1. The molecular formula is C15H12O. The van der Waals surface area contributed by atoms with E-state index in [0.29, 0.717) is 5.57 Å². The maximum Gasteiger partial charge on any atom is 0.193 e. The Morgan fingerprint density at radius 3 is 2.31 bits per heavy atom. The van der Waals surface area contributed by atoms with Gasteiger partial charge in [0.15, 0.2) is 5.78 Å². The van der Waals surface area contributed by atoms with Crippen LogP contribution < -0.4 is 0 Å². The van der Waals surface area contributed by atoms with E-state index in [1.165, 1.54) is 0 Å². The van der Waals surface area contributed by atoms with Crippen LogP contribution >= 0.6 is 0 Å². The van der Waals surface area contributed by atoms with Crippen molar-refractivity contribution < 1.29 is 4.79 Å². The van der Waals surface area contributed by atoms with E-state index in [2.05, 4.69) is 0 Å². The molecule has 0 fully saturated rings. The number of carbonyl (C=O) groups is 1. The SMILES string of the molecule is O=C(C1=CC=CC=CC=C1)c1ccccc1. The number of allylic oxidation sites excluding steroid dienone is 8. The lowest BCUT2D eigenvalue weighted by molar-refractivity contribution is 0.103. The van der Waals surface area contributed by atoms with Gasteiger partial charge in [0, 0.05) is 11.1 Å². The Kier molecular flexibility index (Phi) is 3.29. The molecule has 0 atom stereocenters. The highest BCUT2D eigenvalue weighted by molar-refractivity contribution is 6.10. The number of carbonyl (C=O) groups excluding carboxylic acids is 1. The molecule has 16 heavy (non-hydrogen) atoms. The van der Waals surface area contributed by atoms with Gasteiger partial charge >= 0.3 is 0 Å². The summed E-state index contributed by atoms with van der Waals surface area (Å²) < 4.78 is 0. The van der Waals surface area contributed by atoms with Crippen LogP contribution in [0.1, 0.15) is 10.4 Å². The topological polar surface area (TPSA) is 17.1 Å². The Labute approximate surface area is 95.1 Å². The van der Waals surface area contributed by atoms with E-state index >= 15 is 0 Å². The molecule has 0 N–H and O–H groups in total. The fourth-order valence-corrected chi connectivity index (χ4v) is 1.47. The minimum atomic E-state index is 0.0526. The zero-order valence-corrected chi connectivity index (χ0v) is 8.84. The minimum absolute atomic E-state index is 0.0526. The highest BCUT2D eigenvalue weighted by atomic mass is 16.1. The van der Waals surface area contributed by atoms with Gasteiger partial charge in [-0.15, -0.1) is 0 Å². The number of rotatable bonds is 2. The molecule has 1 aliphatic carbocycles.